The molecule has 156 valence electrons. The van der Waals surface area contributed by atoms with Crippen molar-refractivity contribution in [2.24, 2.45) is 7.05 Å². The number of rotatable bonds is 7. The maximum absolute atomic E-state index is 12.8. The molecular weight excluding hydrogens is 378 g/mol. The van der Waals surface area contributed by atoms with Crippen LogP contribution in [-0.4, -0.2) is 43.7 Å². The largest absolute Gasteiger partial charge is 0.455 e. The molecule has 3 aromatic rings. The molecule has 1 amide bonds. The average molecular weight is 407 g/mol. The molecule has 0 aliphatic heterocycles. The summed E-state index contributed by atoms with van der Waals surface area (Å²) >= 11 is 0. The molecule has 1 aromatic heterocycles. The molecule has 0 unspecified atom stereocenters. The molecule has 6 nitrogen and oxygen atoms in total. The lowest BCUT2D eigenvalue weighted by atomic mass is 10.1. The normalized spacial score (nSPS) is 11.7. The van der Waals surface area contributed by atoms with Crippen LogP contribution in [0.25, 0.3) is 17.0 Å². The van der Waals surface area contributed by atoms with Crippen LogP contribution in [0.2, 0.25) is 0 Å². The second-order valence-electron chi connectivity index (χ2n) is 7.68. The van der Waals surface area contributed by atoms with Crippen molar-refractivity contribution in [1.82, 2.24) is 9.88 Å². The zero-order chi connectivity index (χ0) is 21.7. The number of aromatic nitrogens is 1. The van der Waals surface area contributed by atoms with Crippen LogP contribution in [-0.2, 0) is 16.6 Å². The van der Waals surface area contributed by atoms with Gasteiger partial charge in [-0.05, 0) is 31.2 Å². The van der Waals surface area contributed by atoms with Gasteiger partial charge in [0.25, 0.3) is 5.91 Å². The molecule has 30 heavy (non-hydrogen) atoms. The van der Waals surface area contributed by atoms with Crippen molar-refractivity contribution in [2.45, 2.75) is 6.92 Å². The van der Waals surface area contributed by atoms with Gasteiger partial charge in [0.2, 0.25) is 0 Å². The number of amides is 1. The van der Waals surface area contributed by atoms with Gasteiger partial charge in [0.05, 0.1) is 14.1 Å². The van der Waals surface area contributed by atoms with Crippen molar-refractivity contribution >= 4 is 28.9 Å². The number of nitrogens with one attached hydrogen (secondary N) is 2. The van der Waals surface area contributed by atoms with Gasteiger partial charge in [0.15, 0.2) is 0 Å². The highest BCUT2D eigenvalue weighted by atomic mass is 16.5. The van der Waals surface area contributed by atoms with E-state index in [1.165, 1.54) is 4.90 Å². The minimum atomic E-state index is -0.551. The van der Waals surface area contributed by atoms with Gasteiger partial charge in [0.1, 0.15) is 18.8 Å². The summed E-state index contributed by atoms with van der Waals surface area (Å²) in [6.45, 7) is 2.91. The smallest absolute Gasteiger partial charge is 0.355 e. The van der Waals surface area contributed by atoms with Crippen LogP contribution in [0, 0.1) is 6.92 Å². The molecule has 2 N–H and O–H groups in total. The Bertz CT molecular complexity index is 1080. The van der Waals surface area contributed by atoms with E-state index in [-0.39, 0.29) is 18.2 Å². The van der Waals surface area contributed by atoms with Crippen molar-refractivity contribution in [3.05, 3.63) is 77.1 Å². The number of esters is 1. The highest BCUT2D eigenvalue weighted by molar-refractivity contribution is 6.04. The Labute approximate surface area is 176 Å². The van der Waals surface area contributed by atoms with Gasteiger partial charge in [-0.1, -0.05) is 35.9 Å². The fraction of sp³-hybridized carbons (Fsp3) is 0.250. The molecule has 0 atom stereocenters. The van der Waals surface area contributed by atoms with Crippen LogP contribution in [0.1, 0.15) is 21.5 Å². The molecule has 0 bridgehead atoms. The zero-order valence-corrected chi connectivity index (χ0v) is 17.9. The second kappa shape index (κ2) is 9.41. The molecule has 1 heterocycles. The van der Waals surface area contributed by atoms with Gasteiger partial charge in [-0.15, -0.1) is 0 Å². The summed E-state index contributed by atoms with van der Waals surface area (Å²) in [6, 6.07) is 15.1. The molecular formula is C24H28N3O3+. The molecule has 0 saturated carbocycles. The first-order valence-corrected chi connectivity index (χ1v) is 9.95. The predicted molar refractivity (Wildman–Crippen MR) is 118 cm³/mol. The van der Waals surface area contributed by atoms with E-state index < -0.39 is 5.97 Å². The van der Waals surface area contributed by atoms with Crippen LogP contribution < -0.4 is 10.2 Å². The SMILES string of the molecule is Cc1ccc(C(=O)N/C(=C\c2cn(C)c3ccccc23)C(=O)OCC[NH+](C)C)cc1. The molecule has 0 aliphatic carbocycles. The number of carbonyl (C=O) groups is 2. The van der Waals surface area contributed by atoms with E-state index in [4.69, 9.17) is 4.74 Å². The third kappa shape index (κ3) is 5.15. The lowest BCUT2D eigenvalue weighted by Gasteiger charge is -2.12. The van der Waals surface area contributed by atoms with Gasteiger partial charge in [0, 0.05) is 35.3 Å². The molecule has 0 fully saturated rings. The molecule has 0 aliphatic rings. The van der Waals surface area contributed by atoms with Crippen LogP contribution >= 0.6 is 0 Å². The Morgan fingerprint density at radius 1 is 1.10 bits per heavy atom. The molecule has 2 aromatic carbocycles. The van der Waals surface area contributed by atoms with E-state index in [2.05, 4.69) is 5.32 Å². The Morgan fingerprint density at radius 2 is 1.80 bits per heavy atom. The summed E-state index contributed by atoms with van der Waals surface area (Å²) in [7, 11) is 5.92. The summed E-state index contributed by atoms with van der Waals surface area (Å²) in [5.41, 5.74) is 3.53. The Kier molecular flexibility index (Phi) is 6.69. The summed E-state index contributed by atoms with van der Waals surface area (Å²) < 4.78 is 7.40. The van der Waals surface area contributed by atoms with Gasteiger partial charge >= 0.3 is 5.97 Å². The van der Waals surface area contributed by atoms with Crippen molar-refractivity contribution < 1.29 is 19.2 Å². The van der Waals surface area contributed by atoms with E-state index in [1.807, 2.05) is 75.2 Å². The standard InChI is InChI=1S/C24H27N3O3/c1-17-9-11-18(12-10-17)23(28)25-21(24(29)30-14-13-26(2)3)15-19-16-27(4)22-8-6-5-7-20(19)22/h5-12,15-16H,13-14H2,1-4H3,(H,25,28)/p+1/b21-15-. The number of nitrogens with zero attached hydrogens (tertiary/aromatic N) is 1. The summed E-state index contributed by atoms with van der Waals surface area (Å²) in [5.74, 6) is -0.902. The highest BCUT2D eigenvalue weighted by Crippen LogP contribution is 2.22. The predicted octanol–water partition coefficient (Wildman–Crippen LogP) is 1.95. The van der Waals surface area contributed by atoms with Crippen LogP contribution in [0.5, 0.6) is 0 Å². The number of fused-ring (bicyclic) bond motifs is 1. The van der Waals surface area contributed by atoms with Crippen molar-refractivity contribution in [3.8, 4) is 0 Å². The number of hydrogen-bond acceptors (Lipinski definition) is 3. The first kappa shape index (κ1) is 21.3. The topological polar surface area (TPSA) is 64.8 Å². The molecule has 6 heteroatoms. The van der Waals surface area contributed by atoms with Gasteiger partial charge < -0.3 is 19.5 Å². The molecule has 0 saturated heterocycles. The zero-order valence-electron chi connectivity index (χ0n) is 17.9. The van der Waals surface area contributed by atoms with Crippen LogP contribution in [0.15, 0.2) is 60.4 Å². The van der Waals surface area contributed by atoms with E-state index in [1.54, 1.807) is 18.2 Å². The number of benzene rings is 2. The van der Waals surface area contributed by atoms with E-state index in [0.717, 1.165) is 22.0 Å². The van der Waals surface area contributed by atoms with Crippen molar-refractivity contribution in [2.75, 3.05) is 27.2 Å². The van der Waals surface area contributed by atoms with Gasteiger partial charge in [-0.3, -0.25) is 4.79 Å². The van der Waals surface area contributed by atoms with E-state index in [0.29, 0.717) is 12.1 Å². The van der Waals surface area contributed by atoms with Crippen molar-refractivity contribution in [3.63, 3.8) is 0 Å². The van der Waals surface area contributed by atoms with Crippen LogP contribution in [0.3, 0.4) is 0 Å². The number of para-hydroxylation sites is 1. The molecule has 0 radical (unpaired) electrons. The third-order valence-corrected chi connectivity index (χ3v) is 4.84. The maximum Gasteiger partial charge on any atom is 0.355 e. The number of hydrogen-bond donors (Lipinski definition) is 2. The quantitative estimate of drug-likeness (QED) is 0.466. The van der Waals surface area contributed by atoms with Gasteiger partial charge in [-0.25, -0.2) is 4.79 Å². The third-order valence-electron chi connectivity index (χ3n) is 4.84. The summed E-state index contributed by atoms with van der Waals surface area (Å²) in [6.07, 6.45) is 3.61. The number of carbonyl (C=O) groups excluding carboxylic acids is 2. The Balaban J connectivity index is 1.92. The van der Waals surface area contributed by atoms with Crippen LogP contribution in [0.4, 0.5) is 0 Å². The summed E-state index contributed by atoms with van der Waals surface area (Å²) in [4.78, 5) is 26.7. The lowest BCUT2D eigenvalue weighted by molar-refractivity contribution is -0.858. The fourth-order valence-electron chi connectivity index (χ4n) is 3.11. The molecule has 0 spiro atoms. The monoisotopic (exact) mass is 406 g/mol. The Morgan fingerprint density at radius 3 is 2.50 bits per heavy atom. The number of likely N-dealkylation sites (N-methyl/N-ethyl adjacent to an activating group) is 1. The number of ether oxygens (including phenoxy) is 1. The number of quaternary nitrogens is 1. The minimum absolute atomic E-state index is 0.116. The number of aryl methyl sites for hydroxylation is 2. The molecule has 3 rings (SSSR count). The maximum atomic E-state index is 12.8. The van der Waals surface area contributed by atoms with E-state index in [9.17, 15) is 9.59 Å². The van der Waals surface area contributed by atoms with E-state index >= 15 is 0 Å². The Hall–Kier alpha value is -3.38. The second-order valence-corrected chi connectivity index (χ2v) is 7.68. The van der Waals surface area contributed by atoms with Gasteiger partial charge in [-0.2, -0.15) is 0 Å². The first-order chi connectivity index (χ1) is 14.3. The first-order valence-electron chi connectivity index (χ1n) is 9.95. The lowest BCUT2D eigenvalue weighted by Crippen LogP contribution is -3.06. The minimum Gasteiger partial charge on any atom is -0.455 e. The summed E-state index contributed by atoms with van der Waals surface area (Å²) in [5, 5.41) is 3.74. The average Bonchev–Trinajstić information content (AvgIpc) is 3.03. The fourth-order valence-corrected chi connectivity index (χ4v) is 3.11. The van der Waals surface area contributed by atoms with Crippen molar-refractivity contribution in [1.29, 1.82) is 0 Å². The highest BCUT2D eigenvalue weighted by Gasteiger charge is 2.17.